The summed E-state index contributed by atoms with van der Waals surface area (Å²) in [5.41, 5.74) is 5.51. The molecule has 0 aliphatic carbocycles. The van der Waals surface area contributed by atoms with Crippen LogP contribution < -0.4 is 11.9 Å². The highest BCUT2D eigenvalue weighted by Gasteiger charge is 2.01. The molecular formula is C7H18N2. The van der Waals surface area contributed by atoms with E-state index in [1.54, 1.807) is 0 Å². The molecule has 0 atom stereocenters. The predicted octanol–water partition coefficient (Wildman–Crippen LogP) is 1.85. The molecule has 0 aliphatic heterocycles. The fraction of sp³-hybridized carbons (Fsp3) is 0.714. The highest BCUT2D eigenvalue weighted by molar-refractivity contribution is 4.97. The number of nitrogens with two attached hydrogens (primary N) is 1. The van der Waals surface area contributed by atoms with Crippen molar-refractivity contribution in [2.24, 2.45) is 5.73 Å². The zero-order valence-corrected chi connectivity index (χ0v) is 6.65. The summed E-state index contributed by atoms with van der Waals surface area (Å²) in [7, 11) is 0. The first kappa shape index (κ1) is 11.5. The van der Waals surface area contributed by atoms with Crippen molar-refractivity contribution in [3.63, 3.8) is 0 Å². The summed E-state index contributed by atoms with van der Waals surface area (Å²) < 4.78 is 0. The van der Waals surface area contributed by atoms with Crippen LogP contribution in [0.3, 0.4) is 0 Å². The van der Waals surface area contributed by atoms with Gasteiger partial charge >= 0.3 is 0 Å². The molecule has 2 nitrogen and oxygen atoms in total. The maximum atomic E-state index is 5.63. The first-order valence-electron chi connectivity index (χ1n) is 3.03. The van der Waals surface area contributed by atoms with E-state index < -0.39 is 0 Å². The molecule has 0 saturated carbocycles. The SMILES string of the molecule is CCC=CC(C)(C)N.N. The van der Waals surface area contributed by atoms with Crippen molar-refractivity contribution in [1.29, 1.82) is 0 Å². The molecule has 0 aromatic carbocycles. The maximum Gasteiger partial charge on any atom is 0.0281 e. The lowest BCUT2D eigenvalue weighted by molar-refractivity contribution is 0.652. The summed E-state index contributed by atoms with van der Waals surface area (Å²) in [6, 6.07) is 0. The van der Waals surface area contributed by atoms with Crippen LogP contribution in [0.5, 0.6) is 0 Å². The molecule has 0 aliphatic rings. The summed E-state index contributed by atoms with van der Waals surface area (Å²) >= 11 is 0. The van der Waals surface area contributed by atoms with Gasteiger partial charge in [0.1, 0.15) is 0 Å². The van der Waals surface area contributed by atoms with Gasteiger partial charge in [0.25, 0.3) is 0 Å². The van der Waals surface area contributed by atoms with Gasteiger partial charge in [-0.1, -0.05) is 19.1 Å². The van der Waals surface area contributed by atoms with E-state index in [2.05, 4.69) is 13.0 Å². The number of rotatable bonds is 2. The average Bonchev–Trinajstić information content (AvgIpc) is 1.59. The minimum atomic E-state index is -0.129. The molecule has 2 heteroatoms. The largest absolute Gasteiger partial charge is 0.344 e. The Morgan fingerprint density at radius 2 is 1.89 bits per heavy atom. The Morgan fingerprint density at radius 3 is 2.00 bits per heavy atom. The maximum absolute atomic E-state index is 5.63. The quantitative estimate of drug-likeness (QED) is 0.560. The van der Waals surface area contributed by atoms with E-state index in [0.717, 1.165) is 6.42 Å². The Morgan fingerprint density at radius 1 is 1.44 bits per heavy atom. The fourth-order valence-corrected chi connectivity index (χ4v) is 0.422. The van der Waals surface area contributed by atoms with Crippen LogP contribution in [0.4, 0.5) is 0 Å². The molecule has 56 valence electrons. The first-order chi connectivity index (χ1) is 3.56. The van der Waals surface area contributed by atoms with Gasteiger partial charge in [0.2, 0.25) is 0 Å². The Bertz CT molecular complexity index is 79.4. The number of hydrogen-bond donors (Lipinski definition) is 2. The molecule has 0 spiro atoms. The molecule has 0 amide bonds. The number of allylic oxidation sites excluding steroid dienone is 1. The number of hydrogen-bond acceptors (Lipinski definition) is 2. The third-order valence-electron chi connectivity index (χ3n) is 0.783. The van der Waals surface area contributed by atoms with Gasteiger partial charge in [-0.25, -0.2) is 0 Å². The molecule has 0 rings (SSSR count). The Hall–Kier alpha value is -0.340. The molecule has 5 N–H and O–H groups in total. The highest BCUT2D eigenvalue weighted by Crippen LogP contribution is 1.98. The van der Waals surface area contributed by atoms with Crippen molar-refractivity contribution >= 4 is 0 Å². The second-order valence-electron chi connectivity index (χ2n) is 2.63. The van der Waals surface area contributed by atoms with E-state index in [1.165, 1.54) is 0 Å². The van der Waals surface area contributed by atoms with Crippen molar-refractivity contribution in [3.05, 3.63) is 12.2 Å². The zero-order valence-electron chi connectivity index (χ0n) is 6.65. The van der Waals surface area contributed by atoms with Gasteiger partial charge in [-0.15, -0.1) is 0 Å². The van der Waals surface area contributed by atoms with E-state index in [4.69, 9.17) is 5.73 Å². The van der Waals surface area contributed by atoms with Gasteiger partial charge < -0.3 is 11.9 Å². The molecule has 9 heavy (non-hydrogen) atoms. The Labute approximate surface area is 57.7 Å². The molecule has 0 unspecified atom stereocenters. The first-order valence-corrected chi connectivity index (χ1v) is 3.03. The van der Waals surface area contributed by atoms with Crippen molar-refractivity contribution in [2.45, 2.75) is 32.7 Å². The van der Waals surface area contributed by atoms with Gasteiger partial charge in [0, 0.05) is 5.54 Å². The van der Waals surface area contributed by atoms with Crippen LogP contribution in [-0.2, 0) is 0 Å². The lowest BCUT2D eigenvalue weighted by atomic mass is 10.1. The highest BCUT2D eigenvalue weighted by atomic mass is 14.7. The van der Waals surface area contributed by atoms with Crippen LogP contribution in [0.1, 0.15) is 27.2 Å². The Balaban J connectivity index is 0. The smallest absolute Gasteiger partial charge is 0.0281 e. The summed E-state index contributed by atoms with van der Waals surface area (Å²) in [6.45, 7) is 6.07. The zero-order chi connectivity index (χ0) is 6.62. The summed E-state index contributed by atoms with van der Waals surface area (Å²) in [4.78, 5) is 0. The van der Waals surface area contributed by atoms with Gasteiger partial charge in [0.05, 0.1) is 0 Å². The average molecular weight is 130 g/mol. The third-order valence-corrected chi connectivity index (χ3v) is 0.783. The third kappa shape index (κ3) is 11.3. The molecule has 0 heterocycles. The second-order valence-corrected chi connectivity index (χ2v) is 2.63. The lowest BCUT2D eigenvalue weighted by Crippen LogP contribution is -2.28. The van der Waals surface area contributed by atoms with E-state index in [0.29, 0.717) is 0 Å². The molecule has 0 fully saturated rings. The van der Waals surface area contributed by atoms with Gasteiger partial charge in [-0.2, -0.15) is 0 Å². The van der Waals surface area contributed by atoms with Crippen LogP contribution in [0.15, 0.2) is 12.2 Å². The lowest BCUT2D eigenvalue weighted by Gasteiger charge is -2.10. The van der Waals surface area contributed by atoms with E-state index >= 15 is 0 Å². The van der Waals surface area contributed by atoms with Crippen molar-refractivity contribution in [3.8, 4) is 0 Å². The minimum Gasteiger partial charge on any atom is -0.344 e. The molecule has 0 aromatic rings. The second kappa shape index (κ2) is 4.53. The van der Waals surface area contributed by atoms with Crippen molar-refractivity contribution < 1.29 is 0 Å². The Kier molecular flexibility index (Phi) is 5.77. The van der Waals surface area contributed by atoms with E-state index in [9.17, 15) is 0 Å². The van der Waals surface area contributed by atoms with Crippen LogP contribution in [0.2, 0.25) is 0 Å². The van der Waals surface area contributed by atoms with Gasteiger partial charge in [0.15, 0.2) is 0 Å². The van der Waals surface area contributed by atoms with E-state index in [1.807, 2.05) is 19.9 Å². The molecule has 0 radical (unpaired) electrons. The molecule has 0 bridgehead atoms. The molecule has 0 saturated heterocycles. The topological polar surface area (TPSA) is 61.0 Å². The minimum absolute atomic E-state index is 0. The molecular weight excluding hydrogens is 112 g/mol. The van der Waals surface area contributed by atoms with Crippen molar-refractivity contribution in [1.82, 2.24) is 6.15 Å². The summed E-state index contributed by atoms with van der Waals surface area (Å²) in [5.74, 6) is 0. The summed E-state index contributed by atoms with van der Waals surface area (Å²) in [6.07, 6.45) is 5.17. The van der Waals surface area contributed by atoms with E-state index in [-0.39, 0.29) is 11.7 Å². The predicted molar refractivity (Wildman–Crippen MR) is 42.7 cm³/mol. The van der Waals surface area contributed by atoms with Crippen LogP contribution in [0.25, 0.3) is 0 Å². The monoisotopic (exact) mass is 130 g/mol. The van der Waals surface area contributed by atoms with Crippen LogP contribution in [0, 0.1) is 0 Å². The van der Waals surface area contributed by atoms with Crippen LogP contribution >= 0.6 is 0 Å². The van der Waals surface area contributed by atoms with Gasteiger partial charge in [-0.05, 0) is 20.3 Å². The normalized spacial score (nSPS) is 11.6. The standard InChI is InChI=1S/C7H15N.H3N/c1-4-5-6-7(2,3)8;/h5-6H,4,8H2,1-3H3;1H3. The molecule has 0 aromatic heterocycles. The van der Waals surface area contributed by atoms with Crippen molar-refractivity contribution in [2.75, 3.05) is 0 Å². The van der Waals surface area contributed by atoms with Gasteiger partial charge in [-0.3, -0.25) is 0 Å². The summed E-state index contributed by atoms with van der Waals surface area (Å²) in [5, 5.41) is 0. The van der Waals surface area contributed by atoms with Crippen LogP contribution in [-0.4, -0.2) is 5.54 Å². The fourth-order valence-electron chi connectivity index (χ4n) is 0.422.